The molecule has 1 amide bonds. The molecular formula is C11H17N2O2+. The minimum Gasteiger partial charge on any atom is -0.497 e. The van der Waals surface area contributed by atoms with Gasteiger partial charge in [0.1, 0.15) is 5.75 Å². The summed E-state index contributed by atoms with van der Waals surface area (Å²) in [4.78, 5) is 11.4. The Bertz CT molecular complexity index is 309. The Balaban J connectivity index is 2.46. The first-order valence-electron chi connectivity index (χ1n) is 5.02. The number of anilines is 1. The van der Waals surface area contributed by atoms with Gasteiger partial charge in [0.25, 0.3) is 5.91 Å². The molecule has 3 N–H and O–H groups in total. The fraction of sp³-hybridized carbons (Fsp3) is 0.364. The maximum Gasteiger partial charge on any atom is 0.279 e. The molecule has 0 atom stereocenters. The highest BCUT2D eigenvalue weighted by Gasteiger charge is 2.02. The van der Waals surface area contributed by atoms with Gasteiger partial charge in [-0.25, -0.2) is 0 Å². The SMILES string of the molecule is CC[NH2+]CC(=O)Nc1ccc(OC)cc1. The molecule has 0 heterocycles. The molecule has 0 aromatic heterocycles. The second kappa shape index (κ2) is 6.03. The first-order chi connectivity index (χ1) is 7.26. The summed E-state index contributed by atoms with van der Waals surface area (Å²) in [6.07, 6.45) is 0. The van der Waals surface area contributed by atoms with Gasteiger partial charge >= 0.3 is 0 Å². The molecule has 1 rings (SSSR count). The van der Waals surface area contributed by atoms with Crippen LogP contribution < -0.4 is 15.4 Å². The lowest BCUT2D eigenvalue weighted by molar-refractivity contribution is -0.640. The van der Waals surface area contributed by atoms with Crippen LogP contribution in [0, 0.1) is 0 Å². The molecule has 0 saturated heterocycles. The highest BCUT2D eigenvalue weighted by atomic mass is 16.5. The van der Waals surface area contributed by atoms with Gasteiger partial charge in [-0.15, -0.1) is 0 Å². The molecule has 0 unspecified atom stereocenters. The molecule has 0 aliphatic heterocycles. The number of methoxy groups -OCH3 is 1. The zero-order valence-corrected chi connectivity index (χ0v) is 9.12. The van der Waals surface area contributed by atoms with Gasteiger partial charge in [-0.2, -0.15) is 0 Å². The second-order valence-electron chi connectivity index (χ2n) is 3.18. The fourth-order valence-corrected chi connectivity index (χ4v) is 1.16. The largest absolute Gasteiger partial charge is 0.497 e. The molecule has 1 aromatic carbocycles. The number of rotatable bonds is 5. The molecule has 4 nitrogen and oxygen atoms in total. The second-order valence-corrected chi connectivity index (χ2v) is 3.18. The molecule has 0 aliphatic carbocycles. The highest BCUT2D eigenvalue weighted by Crippen LogP contribution is 2.14. The molecule has 0 spiro atoms. The molecule has 4 heteroatoms. The van der Waals surface area contributed by atoms with Crippen LogP contribution in [0.25, 0.3) is 0 Å². The van der Waals surface area contributed by atoms with Crippen LogP contribution >= 0.6 is 0 Å². The van der Waals surface area contributed by atoms with E-state index in [0.717, 1.165) is 18.0 Å². The molecule has 82 valence electrons. The Morgan fingerprint density at radius 1 is 1.40 bits per heavy atom. The van der Waals surface area contributed by atoms with Gasteiger partial charge in [-0.3, -0.25) is 4.79 Å². The molecule has 0 saturated carbocycles. The summed E-state index contributed by atoms with van der Waals surface area (Å²) in [7, 11) is 1.61. The Kier molecular flexibility index (Phi) is 4.63. The van der Waals surface area contributed by atoms with Crippen LogP contribution in [0.3, 0.4) is 0 Å². The topological polar surface area (TPSA) is 54.9 Å². The number of likely N-dealkylation sites (N-methyl/N-ethyl adjacent to an activating group) is 1. The van der Waals surface area contributed by atoms with Crippen molar-refractivity contribution in [3.05, 3.63) is 24.3 Å². The van der Waals surface area contributed by atoms with Crippen LogP contribution in [0.4, 0.5) is 5.69 Å². The summed E-state index contributed by atoms with van der Waals surface area (Å²) in [6, 6.07) is 7.28. The van der Waals surface area contributed by atoms with Crippen LogP contribution in [0.1, 0.15) is 6.92 Å². The van der Waals surface area contributed by atoms with Gasteiger partial charge in [0.2, 0.25) is 0 Å². The van der Waals surface area contributed by atoms with Crippen molar-refractivity contribution < 1.29 is 14.8 Å². The molecular weight excluding hydrogens is 192 g/mol. The van der Waals surface area contributed by atoms with Gasteiger partial charge in [0, 0.05) is 5.69 Å². The number of amides is 1. The Labute approximate surface area is 89.6 Å². The summed E-state index contributed by atoms with van der Waals surface area (Å²) < 4.78 is 5.02. The first-order valence-corrected chi connectivity index (χ1v) is 5.02. The average molecular weight is 209 g/mol. The summed E-state index contributed by atoms with van der Waals surface area (Å²) in [5, 5.41) is 4.75. The van der Waals surface area contributed by atoms with Gasteiger partial charge in [0.05, 0.1) is 13.7 Å². The third-order valence-corrected chi connectivity index (χ3v) is 1.99. The zero-order chi connectivity index (χ0) is 11.1. The van der Waals surface area contributed by atoms with Gasteiger partial charge < -0.3 is 15.4 Å². The van der Waals surface area contributed by atoms with Gasteiger partial charge in [-0.05, 0) is 31.2 Å². The minimum absolute atomic E-state index is 0.0158. The molecule has 0 aliphatic rings. The van der Waals surface area contributed by atoms with Crippen LogP contribution in [0.15, 0.2) is 24.3 Å². The maximum atomic E-state index is 11.4. The van der Waals surface area contributed by atoms with E-state index in [0.29, 0.717) is 6.54 Å². The van der Waals surface area contributed by atoms with Crippen molar-refractivity contribution in [2.45, 2.75) is 6.92 Å². The van der Waals surface area contributed by atoms with E-state index in [1.54, 1.807) is 7.11 Å². The van der Waals surface area contributed by atoms with Crippen molar-refractivity contribution in [1.82, 2.24) is 0 Å². The highest BCUT2D eigenvalue weighted by molar-refractivity contribution is 5.91. The summed E-state index contributed by atoms with van der Waals surface area (Å²) in [6.45, 7) is 3.39. The number of nitrogens with one attached hydrogen (secondary N) is 1. The molecule has 0 fully saturated rings. The van der Waals surface area contributed by atoms with Crippen LogP contribution in [-0.2, 0) is 4.79 Å². The zero-order valence-electron chi connectivity index (χ0n) is 9.12. The van der Waals surface area contributed by atoms with Crippen LogP contribution in [0.5, 0.6) is 5.75 Å². The van der Waals surface area contributed by atoms with E-state index in [-0.39, 0.29) is 5.91 Å². The van der Waals surface area contributed by atoms with E-state index in [9.17, 15) is 4.79 Å². The number of hydrogen-bond acceptors (Lipinski definition) is 2. The van der Waals surface area contributed by atoms with E-state index in [4.69, 9.17) is 4.74 Å². The van der Waals surface area contributed by atoms with E-state index < -0.39 is 0 Å². The monoisotopic (exact) mass is 209 g/mol. The number of benzene rings is 1. The number of nitrogens with two attached hydrogens (primary N) is 1. The number of ether oxygens (including phenoxy) is 1. The third-order valence-electron chi connectivity index (χ3n) is 1.99. The average Bonchev–Trinajstić information content (AvgIpc) is 2.27. The van der Waals surface area contributed by atoms with E-state index >= 15 is 0 Å². The standard InChI is InChI=1S/C11H16N2O2/c1-3-12-8-11(14)13-9-4-6-10(15-2)7-5-9/h4-7,12H,3,8H2,1-2H3,(H,13,14)/p+1. The lowest BCUT2D eigenvalue weighted by Crippen LogP contribution is -2.85. The fourth-order valence-electron chi connectivity index (χ4n) is 1.16. The van der Waals surface area contributed by atoms with Crippen molar-refractivity contribution in [2.24, 2.45) is 0 Å². The number of carbonyl (C=O) groups excluding carboxylic acids is 1. The minimum atomic E-state index is 0.0158. The predicted molar refractivity (Wildman–Crippen MR) is 59.0 cm³/mol. The molecule has 0 bridgehead atoms. The summed E-state index contributed by atoms with van der Waals surface area (Å²) in [5.74, 6) is 0.801. The summed E-state index contributed by atoms with van der Waals surface area (Å²) in [5.41, 5.74) is 0.797. The summed E-state index contributed by atoms with van der Waals surface area (Å²) >= 11 is 0. The van der Waals surface area contributed by atoms with E-state index in [2.05, 4.69) is 5.32 Å². The number of quaternary nitrogens is 1. The maximum absolute atomic E-state index is 11.4. The Hall–Kier alpha value is -1.55. The van der Waals surface area contributed by atoms with Crippen LogP contribution in [-0.4, -0.2) is 26.1 Å². The smallest absolute Gasteiger partial charge is 0.279 e. The normalized spacial score (nSPS) is 9.73. The molecule has 1 aromatic rings. The lowest BCUT2D eigenvalue weighted by atomic mass is 10.3. The van der Waals surface area contributed by atoms with Crippen molar-refractivity contribution in [2.75, 3.05) is 25.5 Å². The quantitative estimate of drug-likeness (QED) is 0.728. The lowest BCUT2D eigenvalue weighted by Gasteiger charge is -2.04. The third kappa shape index (κ3) is 3.99. The van der Waals surface area contributed by atoms with E-state index in [1.807, 2.05) is 36.5 Å². The van der Waals surface area contributed by atoms with Gasteiger partial charge in [-0.1, -0.05) is 0 Å². The number of carbonyl (C=O) groups is 1. The van der Waals surface area contributed by atoms with Crippen molar-refractivity contribution in [3.63, 3.8) is 0 Å². The van der Waals surface area contributed by atoms with Crippen molar-refractivity contribution >= 4 is 11.6 Å². The Morgan fingerprint density at radius 2 is 2.07 bits per heavy atom. The predicted octanol–water partition coefficient (Wildman–Crippen LogP) is 0.217. The molecule has 0 radical (unpaired) electrons. The van der Waals surface area contributed by atoms with Crippen LogP contribution in [0.2, 0.25) is 0 Å². The molecule has 15 heavy (non-hydrogen) atoms. The number of hydrogen-bond donors (Lipinski definition) is 2. The first kappa shape index (κ1) is 11.5. The van der Waals surface area contributed by atoms with Crippen molar-refractivity contribution in [3.8, 4) is 5.75 Å². The van der Waals surface area contributed by atoms with Gasteiger partial charge in [0.15, 0.2) is 6.54 Å². The van der Waals surface area contributed by atoms with E-state index in [1.165, 1.54) is 0 Å². The Morgan fingerprint density at radius 3 is 2.60 bits per heavy atom. The van der Waals surface area contributed by atoms with Crippen molar-refractivity contribution in [1.29, 1.82) is 0 Å².